The first-order valence-electron chi connectivity index (χ1n) is 10.4. The van der Waals surface area contributed by atoms with E-state index in [-0.39, 0.29) is 43.9 Å². The number of nitrogens with one attached hydrogen (secondary N) is 1. The number of ether oxygens (including phenoxy) is 1. The third kappa shape index (κ3) is 4.95. The van der Waals surface area contributed by atoms with E-state index in [2.05, 4.69) is 10.2 Å². The zero-order valence-corrected chi connectivity index (χ0v) is 18.0. The molecule has 2 aromatic rings. The second kappa shape index (κ2) is 9.44. The van der Waals surface area contributed by atoms with Crippen molar-refractivity contribution in [3.63, 3.8) is 0 Å². The third-order valence-electron chi connectivity index (χ3n) is 5.68. The van der Waals surface area contributed by atoms with Crippen molar-refractivity contribution in [1.82, 2.24) is 9.21 Å². The van der Waals surface area contributed by atoms with Gasteiger partial charge < -0.3 is 10.1 Å². The Labute approximate surface area is 181 Å². The molecule has 0 spiro atoms. The number of carbonyl (C=O) groups is 1. The summed E-state index contributed by atoms with van der Waals surface area (Å²) >= 11 is 0. The number of sulfonamides is 1. The largest absolute Gasteiger partial charge is 0.379 e. The fourth-order valence-corrected chi connectivity index (χ4v) is 5.56. The minimum Gasteiger partial charge on any atom is -0.379 e. The molecule has 0 radical (unpaired) electrons. The monoisotopic (exact) mass is 447 g/mol. The summed E-state index contributed by atoms with van der Waals surface area (Å²) in [6.07, 6.45) is 1.63. The fourth-order valence-electron chi connectivity index (χ4n) is 4.06. The Morgan fingerprint density at radius 3 is 2.58 bits per heavy atom. The van der Waals surface area contributed by atoms with Crippen LogP contribution in [-0.2, 0) is 26.1 Å². The number of halogens is 1. The van der Waals surface area contributed by atoms with E-state index in [1.165, 1.54) is 16.4 Å². The number of amides is 1. The van der Waals surface area contributed by atoms with Gasteiger partial charge >= 0.3 is 0 Å². The molecule has 1 amide bonds. The molecule has 2 aliphatic heterocycles. The highest BCUT2D eigenvalue weighted by Crippen LogP contribution is 2.26. The van der Waals surface area contributed by atoms with Gasteiger partial charge in [0.15, 0.2) is 0 Å². The van der Waals surface area contributed by atoms with Gasteiger partial charge in [-0.05, 0) is 43.1 Å². The summed E-state index contributed by atoms with van der Waals surface area (Å²) in [4.78, 5) is 14.6. The van der Waals surface area contributed by atoms with Gasteiger partial charge in [0.1, 0.15) is 10.7 Å². The quantitative estimate of drug-likeness (QED) is 0.736. The maximum absolute atomic E-state index is 14.4. The van der Waals surface area contributed by atoms with Gasteiger partial charge in [-0.15, -0.1) is 0 Å². The lowest BCUT2D eigenvalue weighted by Gasteiger charge is -2.26. The number of carbonyl (C=O) groups excluding carboxylic acids is 1. The zero-order chi connectivity index (χ0) is 21.8. The molecule has 2 aliphatic rings. The van der Waals surface area contributed by atoms with Crippen molar-refractivity contribution < 1.29 is 22.3 Å². The highest BCUT2D eigenvalue weighted by atomic mass is 32.2. The van der Waals surface area contributed by atoms with E-state index in [9.17, 15) is 17.6 Å². The lowest BCUT2D eigenvalue weighted by Crippen LogP contribution is -2.41. The Bertz CT molecular complexity index is 1030. The van der Waals surface area contributed by atoms with Gasteiger partial charge in [0.05, 0.1) is 19.3 Å². The molecule has 1 atom stereocenters. The van der Waals surface area contributed by atoms with E-state index >= 15 is 0 Å². The molecule has 2 saturated heterocycles. The maximum Gasteiger partial charge on any atom is 0.246 e. The molecule has 9 heteroatoms. The molecule has 7 nitrogen and oxygen atoms in total. The lowest BCUT2D eigenvalue weighted by atomic mass is 10.1. The van der Waals surface area contributed by atoms with E-state index in [0.29, 0.717) is 6.54 Å². The summed E-state index contributed by atoms with van der Waals surface area (Å²) in [6, 6.07) is 13.3. The highest BCUT2D eigenvalue weighted by molar-refractivity contribution is 7.89. The Morgan fingerprint density at radius 1 is 1.10 bits per heavy atom. The summed E-state index contributed by atoms with van der Waals surface area (Å²) in [5.41, 5.74) is 1.40. The number of benzene rings is 2. The average molecular weight is 448 g/mol. The van der Waals surface area contributed by atoms with Crippen LogP contribution < -0.4 is 5.32 Å². The molecular weight excluding hydrogens is 421 g/mol. The average Bonchev–Trinajstić information content (AvgIpc) is 3.24. The molecule has 1 N–H and O–H groups in total. The summed E-state index contributed by atoms with van der Waals surface area (Å²) in [6.45, 7) is 2.38. The molecule has 0 aliphatic carbocycles. The van der Waals surface area contributed by atoms with Crippen molar-refractivity contribution in [3.05, 3.63) is 59.9 Å². The van der Waals surface area contributed by atoms with Crippen LogP contribution in [0.1, 0.15) is 18.4 Å². The molecule has 31 heavy (non-hydrogen) atoms. The van der Waals surface area contributed by atoms with Crippen LogP contribution in [0.25, 0.3) is 0 Å². The van der Waals surface area contributed by atoms with Gasteiger partial charge in [-0.2, -0.15) is 4.31 Å². The van der Waals surface area contributed by atoms with Gasteiger partial charge in [-0.25, -0.2) is 12.8 Å². The fraction of sp³-hybridized carbons (Fsp3) is 0.409. The highest BCUT2D eigenvalue weighted by Gasteiger charge is 2.32. The molecule has 4 rings (SSSR count). The molecular formula is C22H26FN3O4S. The van der Waals surface area contributed by atoms with Crippen molar-refractivity contribution in [1.29, 1.82) is 0 Å². The number of hydrogen-bond donors (Lipinski definition) is 1. The predicted octanol–water partition coefficient (Wildman–Crippen LogP) is 2.45. The Morgan fingerprint density at radius 2 is 1.84 bits per heavy atom. The molecule has 166 valence electrons. The van der Waals surface area contributed by atoms with E-state index in [0.717, 1.165) is 31.0 Å². The van der Waals surface area contributed by atoms with Crippen LogP contribution in [0.2, 0.25) is 0 Å². The Hall–Kier alpha value is -2.33. The normalized spacial score (nSPS) is 20.6. The Kier molecular flexibility index (Phi) is 6.66. The van der Waals surface area contributed by atoms with Gasteiger partial charge in [-0.3, -0.25) is 9.69 Å². The molecule has 2 heterocycles. The first-order valence-corrected chi connectivity index (χ1v) is 11.9. The first-order chi connectivity index (χ1) is 14.9. The van der Waals surface area contributed by atoms with Crippen LogP contribution in [0.4, 0.5) is 10.1 Å². The molecule has 2 fully saturated rings. The van der Waals surface area contributed by atoms with E-state index in [4.69, 9.17) is 4.74 Å². The number of rotatable bonds is 6. The topological polar surface area (TPSA) is 79.0 Å². The number of likely N-dealkylation sites (tertiary alicyclic amines) is 1. The molecule has 1 unspecified atom stereocenters. The summed E-state index contributed by atoms with van der Waals surface area (Å²) < 4.78 is 46.5. The van der Waals surface area contributed by atoms with Crippen molar-refractivity contribution >= 4 is 21.6 Å². The maximum atomic E-state index is 14.4. The van der Waals surface area contributed by atoms with Gasteiger partial charge in [0.2, 0.25) is 15.9 Å². The minimum atomic E-state index is -4.00. The van der Waals surface area contributed by atoms with Crippen LogP contribution in [-0.4, -0.2) is 62.4 Å². The summed E-state index contributed by atoms with van der Waals surface area (Å²) in [7, 11) is -4.00. The number of anilines is 1. The summed E-state index contributed by atoms with van der Waals surface area (Å²) in [5, 5.41) is 2.79. The van der Waals surface area contributed by atoms with Crippen LogP contribution in [0, 0.1) is 5.82 Å². The third-order valence-corrected chi connectivity index (χ3v) is 7.60. The van der Waals surface area contributed by atoms with Crippen molar-refractivity contribution in [2.75, 3.05) is 38.2 Å². The minimum absolute atomic E-state index is 0.175. The van der Waals surface area contributed by atoms with Crippen LogP contribution >= 0.6 is 0 Å². The lowest BCUT2D eigenvalue weighted by molar-refractivity contribution is -0.120. The molecule has 2 aromatic carbocycles. The van der Waals surface area contributed by atoms with Gasteiger partial charge in [0.25, 0.3) is 0 Å². The zero-order valence-electron chi connectivity index (χ0n) is 17.2. The number of hydrogen-bond acceptors (Lipinski definition) is 5. The SMILES string of the molecule is O=C(Nc1ccc(F)c(S(=O)(=O)N2CCOCC2)c1)C1CCCN1Cc1ccccc1. The van der Waals surface area contributed by atoms with Crippen LogP contribution in [0.5, 0.6) is 0 Å². The number of morpholine rings is 1. The predicted molar refractivity (Wildman–Crippen MR) is 114 cm³/mol. The molecule has 0 bridgehead atoms. The van der Waals surface area contributed by atoms with Crippen LogP contribution in [0.15, 0.2) is 53.4 Å². The van der Waals surface area contributed by atoms with E-state index < -0.39 is 20.7 Å². The van der Waals surface area contributed by atoms with Gasteiger partial charge in [-0.1, -0.05) is 30.3 Å². The van der Waals surface area contributed by atoms with Crippen LogP contribution in [0.3, 0.4) is 0 Å². The second-order valence-electron chi connectivity index (χ2n) is 7.77. The standard InChI is InChI=1S/C22H26FN3O4S/c23-19-9-8-18(15-21(19)31(28,29)26-11-13-30-14-12-26)24-22(27)20-7-4-10-25(20)16-17-5-2-1-3-6-17/h1-3,5-6,8-9,15,20H,4,7,10-14,16H2,(H,24,27). The first kappa shape index (κ1) is 21.9. The second-order valence-corrected chi connectivity index (χ2v) is 9.67. The smallest absolute Gasteiger partial charge is 0.246 e. The molecule has 0 aromatic heterocycles. The van der Waals surface area contributed by atoms with Crippen molar-refractivity contribution in [2.45, 2.75) is 30.3 Å². The number of nitrogens with zero attached hydrogens (tertiary/aromatic N) is 2. The Balaban J connectivity index is 1.49. The van der Waals surface area contributed by atoms with Crippen molar-refractivity contribution in [2.24, 2.45) is 0 Å². The van der Waals surface area contributed by atoms with E-state index in [1.54, 1.807) is 0 Å². The van der Waals surface area contributed by atoms with E-state index in [1.807, 2.05) is 30.3 Å². The summed E-state index contributed by atoms with van der Waals surface area (Å²) in [5.74, 6) is -1.05. The van der Waals surface area contributed by atoms with Gasteiger partial charge in [0, 0.05) is 25.3 Å². The molecule has 0 saturated carbocycles. The van der Waals surface area contributed by atoms with Crippen molar-refractivity contribution in [3.8, 4) is 0 Å².